The number of hydrogen-bond acceptors (Lipinski definition) is 4. The van der Waals surface area contributed by atoms with E-state index in [4.69, 9.17) is 5.26 Å². The molecule has 84 valence electrons. The van der Waals surface area contributed by atoms with E-state index in [1.165, 1.54) is 0 Å². The van der Waals surface area contributed by atoms with E-state index >= 15 is 0 Å². The fraction of sp³-hybridized carbons (Fsp3) is 0.300. The van der Waals surface area contributed by atoms with Gasteiger partial charge in [-0.2, -0.15) is 10.1 Å². The van der Waals surface area contributed by atoms with Gasteiger partial charge in [-0.25, -0.2) is 0 Å². The number of anilines is 1. The van der Waals surface area contributed by atoms with Gasteiger partial charge >= 0.3 is 0 Å². The molecule has 0 fully saturated rings. The maximum atomic E-state index is 10.6. The normalized spacial score (nSPS) is 15.7. The van der Waals surface area contributed by atoms with E-state index < -0.39 is 11.3 Å². The average Bonchev–Trinajstić information content (AvgIpc) is 2.60. The fourth-order valence-corrected chi connectivity index (χ4v) is 2.38. The van der Waals surface area contributed by atoms with Crippen LogP contribution in [0.2, 0.25) is 0 Å². The minimum atomic E-state index is -2.32. The first-order chi connectivity index (χ1) is 7.61. The molecule has 0 bridgehead atoms. The number of benzene rings is 1. The Morgan fingerprint density at radius 2 is 2.38 bits per heavy atom. The van der Waals surface area contributed by atoms with Gasteiger partial charge in [0, 0.05) is 17.8 Å². The van der Waals surface area contributed by atoms with Crippen LogP contribution in [0.5, 0.6) is 0 Å². The van der Waals surface area contributed by atoms with E-state index in [0.29, 0.717) is 12.1 Å². The van der Waals surface area contributed by atoms with Crippen LogP contribution in [0, 0.1) is 18.3 Å². The molecule has 0 aliphatic carbocycles. The van der Waals surface area contributed by atoms with Crippen LogP contribution < -0.4 is 9.84 Å². The van der Waals surface area contributed by atoms with Gasteiger partial charge in [-0.15, -0.1) is 0 Å². The largest absolute Gasteiger partial charge is 0.759 e. The van der Waals surface area contributed by atoms with Crippen molar-refractivity contribution in [1.82, 2.24) is 4.83 Å². The van der Waals surface area contributed by atoms with Crippen LogP contribution in [-0.4, -0.2) is 15.3 Å². The van der Waals surface area contributed by atoms with Gasteiger partial charge in [-0.3, -0.25) is 9.22 Å². The van der Waals surface area contributed by atoms with Crippen LogP contribution >= 0.6 is 0 Å². The van der Waals surface area contributed by atoms with E-state index in [2.05, 4.69) is 10.9 Å². The first-order valence-corrected chi connectivity index (χ1v) is 5.86. The standard InChI is InChI=1S/C10H11N3O2S/c1-7-4-8(6-11)5-9-2-3-13(10(7)9)12-16(14)15/h4-5,12H,2-3H2,1H3,(H,14,15)/p-1. The molecule has 0 aromatic heterocycles. The monoisotopic (exact) mass is 236 g/mol. The highest BCUT2D eigenvalue weighted by molar-refractivity contribution is 7.77. The highest BCUT2D eigenvalue weighted by Crippen LogP contribution is 2.31. The minimum absolute atomic E-state index is 0.596. The number of nitrogens with zero attached hydrogens (tertiary/aromatic N) is 2. The summed E-state index contributed by atoms with van der Waals surface area (Å²) in [7, 11) is 0. The van der Waals surface area contributed by atoms with Gasteiger partial charge in [-0.1, -0.05) is 0 Å². The van der Waals surface area contributed by atoms with Gasteiger partial charge in [0.05, 0.1) is 17.3 Å². The maximum Gasteiger partial charge on any atom is 0.0991 e. The van der Waals surface area contributed by atoms with Crippen molar-refractivity contribution >= 4 is 17.0 Å². The van der Waals surface area contributed by atoms with E-state index in [0.717, 1.165) is 23.2 Å². The molecule has 0 amide bonds. The van der Waals surface area contributed by atoms with Crippen molar-refractivity contribution in [2.75, 3.05) is 11.6 Å². The molecule has 0 spiro atoms. The Balaban J connectivity index is 2.40. The summed E-state index contributed by atoms with van der Waals surface area (Å²) in [5, 5.41) is 10.4. The second-order valence-electron chi connectivity index (χ2n) is 3.64. The summed E-state index contributed by atoms with van der Waals surface area (Å²) < 4.78 is 21.2. The maximum absolute atomic E-state index is 10.6. The van der Waals surface area contributed by atoms with E-state index in [-0.39, 0.29) is 0 Å². The van der Waals surface area contributed by atoms with Gasteiger partial charge in [0.25, 0.3) is 0 Å². The Morgan fingerprint density at radius 3 is 3.00 bits per heavy atom. The molecule has 1 N–H and O–H groups in total. The molecular formula is C10H10N3O2S-. The summed E-state index contributed by atoms with van der Waals surface area (Å²) in [6, 6.07) is 5.65. The number of nitriles is 1. The molecule has 5 nitrogen and oxygen atoms in total. The van der Waals surface area contributed by atoms with Crippen LogP contribution in [0.25, 0.3) is 0 Å². The number of hydrogen-bond donors (Lipinski definition) is 1. The van der Waals surface area contributed by atoms with Gasteiger partial charge < -0.3 is 4.55 Å². The Hall–Kier alpha value is -1.42. The molecule has 1 aliphatic rings. The SMILES string of the molecule is Cc1cc(C#N)cc2c1N(NS(=O)[O-])CC2. The predicted octanol–water partition coefficient (Wildman–Crippen LogP) is 0.528. The molecule has 2 rings (SSSR count). The molecule has 1 aliphatic heterocycles. The van der Waals surface area contributed by atoms with Crippen LogP contribution in [0.15, 0.2) is 12.1 Å². The van der Waals surface area contributed by atoms with Crippen LogP contribution in [0.3, 0.4) is 0 Å². The summed E-state index contributed by atoms with van der Waals surface area (Å²) in [4.78, 5) is 2.34. The molecule has 0 saturated heterocycles. The Labute approximate surface area is 96.1 Å². The first kappa shape index (κ1) is 11.1. The molecule has 1 aromatic carbocycles. The lowest BCUT2D eigenvalue weighted by molar-refractivity contribution is 0.520. The average molecular weight is 236 g/mol. The summed E-state index contributed by atoms with van der Waals surface area (Å²) in [5.74, 6) is 0. The molecule has 1 unspecified atom stereocenters. The van der Waals surface area contributed by atoms with E-state index in [1.807, 2.05) is 6.92 Å². The zero-order valence-corrected chi connectivity index (χ0v) is 9.50. The second-order valence-corrected chi connectivity index (χ2v) is 4.29. The van der Waals surface area contributed by atoms with Gasteiger partial charge in [-0.05, 0) is 36.6 Å². The topological polar surface area (TPSA) is 79.2 Å². The lowest BCUT2D eigenvalue weighted by Crippen LogP contribution is -2.38. The molecule has 16 heavy (non-hydrogen) atoms. The summed E-state index contributed by atoms with van der Waals surface area (Å²) in [5.41, 5.74) is 3.39. The van der Waals surface area contributed by atoms with Crippen LogP contribution in [0.4, 0.5) is 5.69 Å². The third-order valence-corrected chi connectivity index (χ3v) is 2.94. The number of rotatable bonds is 2. The van der Waals surface area contributed by atoms with Crippen molar-refractivity contribution in [2.45, 2.75) is 13.3 Å². The predicted molar refractivity (Wildman–Crippen MR) is 59.0 cm³/mol. The zero-order chi connectivity index (χ0) is 11.7. The molecule has 1 atom stereocenters. The number of nitrogens with one attached hydrogen (secondary N) is 1. The minimum Gasteiger partial charge on any atom is -0.759 e. The number of aryl methyl sites for hydroxylation is 1. The third kappa shape index (κ3) is 1.93. The number of fused-ring (bicyclic) bond motifs is 1. The summed E-state index contributed by atoms with van der Waals surface area (Å²) >= 11 is -2.32. The molecular weight excluding hydrogens is 226 g/mol. The fourth-order valence-electron chi connectivity index (χ4n) is 2.02. The molecule has 0 radical (unpaired) electrons. The molecule has 1 heterocycles. The van der Waals surface area contributed by atoms with Crippen LogP contribution in [0.1, 0.15) is 16.7 Å². The van der Waals surface area contributed by atoms with E-state index in [9.17, 15) is 8.76 Å². The Morgan fingerprint density at radius 1 is 1.62 bits per heavy atom. The lowest BCUT2D eigenvalue weighted by atomic mass is 10.0. The highest BCUT2D eigenvalue weighted by Gasteiger charge is 2.21. The van der Waals surface area contributed by atoms with Crippen molar-refractivity contribution in [3.05, 3.63) is 28.8 Å². The molecule has 0 saturated carbocycles. The van der Waals surface area contributed by atoms with Crippen molar-refractivity contribution in [3.8, 4) is 6.07 Å². The van der Waals surface area contributed by atoms with E-state index in [1.54, 1.807) is 17.1 Å². The smallest absolute Gasteiger partial charge is 0.0991 e. The van der Waals surface area contributed by atoms with Gasteiger partial charge in [0.1, 0.15) is 0 Å². The van der Waals surface area contributed by atoms with Crippen molar-refractivity contribution in [3.63, 3.8) is 0 Å². The first-order valence-electron chi connectivity index (χ1n) is 4.78. The van der Waals surface area contributed by atoms with Crippen molar-refractivity contribution < 1.29 is 8.76 Å². The Bertz CT molecular complexity index is 496. The van der Waals surface area contributed by atoms with Gasteiger partial charge in [0.15, 0.2) is 0 Å². The zero-order valence-electron chi connectivity index (χ0n) is 8.69. The van der Waals surface area contributed by atoms with Crippen molar-refractivity contribution in [1.29, 1.82) is 5.26 Å². The van der Waals surface area contributed by atoms with Crippen LogP contribution in [-0.2, 0) is 17.7 Å². The summed E-state index contributed by atoms with van der Waals surface area (Å²) in [6.45, 7) is 2.46. The third-order valence-electron chi connectivity index (χ3n) is 2.57. The summed E-state index contributed by atoms with van der Waals surface area (Å²) in [6.07, 6.45) is 0.746. The number of hydrazine groups is 1. The van der Waals surface area contributed by atoms with Crippen molar-refractivity contribution in [2.24, 2.45) is 0 Å². The molecule has 6 heteroatoms. The lowest BCUT2D eigenvalue weighted by Gasteiger charge is -2.23. The highest BCUT2D eigenvalue weighted by atomic mass is 32.2. The second kappa shape index (κ2) is 4.22. The van der Waals surface area contributed by atoms with Gasteiger partial charge in [0.2, 0.25) is 0 Å². The molecule has 1 aromatic rings. The Kier molecular flexibility index (Phi) is 2.92. The quantitative estimate of drug-likeness (QED) is 0.759.